The highest BCUT2D eigenvalue weighted by Crippen LogP contribution is 2.24. The molecule has 2 aromatic carbocycles. The summed E-state index contributed by atoms with van der Waals surface area (Å²) >= 11 is 0. The molecule has 0 saturated carbocycles. The van der Waals surface area contributed by atoms with Gasteiger partial charge in [0.25, 0.3) is 0 Å². The van der Waals surface area contributed by atoms with Crippen molar-refractivity contribution in [1.82, 2.24) is 9.88 Å². The van der Waals surface area contributed by atoms with Crippen molar-refractivity contribution >= 4 is 16.6 Å². The fourth-order valence-corrected chi connectivity index (χ4v) is 4.01. The number of hydrogen-bond donors (Lipinski definition) is 0. The molecular weight excluding hydrogens is 403 g/mol. The summed E-state index contributed by atoms with van der Waals surface area (Å²) in [6.07, 6.45) is 0.117. The lowest BCUT2D eigenvalue weighted by molar-refractivity contribution is -0.274. The summed E-state index contributed by atoms with van der Waals surface area (Å²) in [5, 5.41) is 1.17. The van der Waals surface area contributed by atoms with Gasteiger partial charge in [0.1, 0.15) is 5.75 Å². The molecule has 1 fully saturated rings. The summed E-state index contributed by atoms with van der Waals surface area (Å²) in [5.74, 6) is -0.170. The van der Waals surface area contributed by atoms with Crippen molar-refractivity contribution < 1.29 is 17.9 Å². The molecule has 4 rings (SSSR count). The summed E-state index contributed by atoms with van der Waals surface area (Å²) in [6.45, 7) is 5.13. The first-order chi connectivity index (χ1) is 15.0. The number of aromatic nitrogens is 1. The summed E-state index contributed by atoms with van der Waals surface area (Å²) < 4.78 is 40.6. The first-order valence-electron chi connectivity index (χ1n) is 10.6. The molecule has 1 aliphatic rings. The second-order valence-corrected chi connectivity index (χ2v) is 7.86. The Bertz CT molecular complexity index is 983. The van der Waals surface area contributed by atoms with Crippen LogP contribution in [0.15, 0.2) is 60.8 Å². The monoisotopic (exact) mass is 429 g/mol. The van der Waals surface area contributed by atoms with Crippen LogP contribution >= 0.6 is 0 Å². The van der Waals surface area contributed by atoms with E-state index < -0.39 is 6.36 Å². The number of nitrogens with zero attached hydrogens (tertiary/aromatic N) is 3. The van der Waals surface area contributed by atoms with Crippen LogP contribution in [0.1, 0.15) is 18.4 Å². The van der Waals surface area contributed by atoms with Crippen molar-refractivity contribution in [2.75, 3.05) is 37.6 Å². The third-order valence-electron chi connectivity index (χ3n) is 5.67. The quantitative estimate of drug-likeness (QED) is 0.478. The van der Waals surface area contributed by atoms with Crippen molar-refractivity contribution in [2.45, 2.75) is 25.6 Å². The van der Waals surface area contributed by atoms with Crippen LogP contribution in [0.4, 0.5) is 18.9 Å². The standard InChI is InChI=1S/C24H26F3N3O/c25-24(26,27)31-22-9-6-19(7-10-22)4-1-2-13-29-14-16-30(17-15-29)21-8-11-23-20(18-21)5-3-12-28-23/h3,5-12,18H,1-2,4,13-17H2. The molecule has 0 spiro atoms. The molecular formula is C24H26F3N3O. The van der Waals surface area contributed by atoms with Crippen LogP contribution in [0, 0.1) is 0 Å². The molecule has 7 heteroatoms. The van der Waals surface area contributed by atoms with Crippen molar-refractivity contribution in [3.63, 3.8) is 0 Å². The largest absolute Gasteiger partial charge is 0.573 e. The van der Waals surface area contributed by atoms with E-state index in [9.17, 15) is 13.2 Å². The van der Waals surface area contributed by atoms with E-state index in [1.165, 1.54) is 23.2 Å². The van der Waals surface area contributed by atoms with E-state index in [0.717, 1.165) is 63.1 Å². The van der Waals surface area contributed by atoms with Crippen LogP contribution in [-0.4, -0.2) is 49.0 Å². The highest BCUT2D eigenvalue weighted by molar-refractivity contribution is 5.82. The Hall–Kier alpha value is -2.80. The van der Waals surface area contributed by atoms with Gasteiger partial charge in [0.05, 0.1) is 5.52 Å². The van der Waals surface area contributed by atoms with E-state index in [-0.39, 0.29) is 5.75 Å². The van der Waals surface area contributed by atoms with Crippen molar-refractivity contribution in [2.24, 2.45) is 0 Å². The first-order valence-corrected chi connectivity index (χ1v) is 10.6. The average Bonchev–Trinajstić information content (AvgIpc) is 2.77. The number of hydrogen-bond acceptors (Lipinski definition) is 4. The maximum atomic E-state index is 12.2. The van der Waals surface area contributed by atoms with E-state index in [1.54, 1.807) is 12.1 Å². The predicted molar refractivity (Wildman–Crippen MR) is 116 cm³/mol. The lowest BCUT2D eigenvalue weighted by Crippen LogP contribution is -2.46. The Labute approximate surface area is 180 Å². The summed E-state index contributed by atoms with van der Waals surface area (Å²) in [5.41, 5.74) is 3.30. The van der Waals surface area contributed by atoms with Gasteiger partial charge in [-0.15, -0.1) is 13.2 Å². The van der Waals surface area contributed by atoms with Crippen molar-refractivity contribution in [1.29, 1.82) is 0 Å². The normalized spacial score (nSPS) is 15.4. The zero-order valence-corrected chi connectivity index (χ0v) is 17.3. The molecule has 0 amide bonds. The van der Waals surface area contributed by atoms with Gasteiger partial charge in [0.15, 0.2) is 0 Å². The number of pyridine rings is 1. The number of anilines is 1. The number of ether oxygens (including phenoxy) is 1. The first kappa shape index (κ1) is 21.4. The molecule has 1 aliphatic heterocycles. The third-order valence-corrected chi connectivity index (χ3v) is 5.67. The zero-order valence-electron chi connectivity index (χ0n) is 17.3. The van der Waals surface area contributed by atoms with Crippen molar-refractivity contribution in [3.8, 4) is 5.75 Å². The van der Waals surface area contributed by atoms with Crippen LogP contribution in [0.25, 0.3) is 10.9 Å². The van der Waals surface area contributed by atoms with E-state index in [2.05, 4.69) is 43.8 Å². The van der Waals surface area contributed by atoms with Gasteiger partial charge in [-0.05, 0) is 67.8 Å². The molecule has 0 N–H and O–H groups in total. The minimum atomic E-state index is -4.64. The molecule has 4 nitrogen and oxygen atoms in total. The fourth-order valence-electron chi connectivity index (χ4n) is 4.01. The van der Waals surface area contributed by atoms with Gasteiger partial charge in [-0.25, -0.2) is 0 Å². The second kappa shape index (κ2) is 9.56. The lowest BCUT2D eigenvalue weighted by Gasteiger charge is -2.36. The maximum Gasteiger partial charge on any atom is 0.573 e. The highest BCUT2D eigenvalue weighted by atomic mass is 19.4. The van der Waals surface area contributed by atoms with E-state index in [0.29, 0.717) is 0 Å². The molecule has 0 aliphatic carbocycles. The Morgan fingerprint density at radius 3 is 2.42 bits per heavy atom. The number of benzene rings is 2. The summed E-state index contributed by atoms with van der Waals surface area (Å²) in [6, 6.07) is 16.7. The molecule has 1 aromatic heterocycles. The molecule has 1 saturated heterocycles. The minimum Gasteiger partial charge on any atom is -0.406 e. The number of fused-ring (bicyclic) bond motifs is 1. The average molecular weight is 429 g/mol. The molecule has 0 radical (unpaired) electrons. The fraction of sp³-hybridized carbons (Fsp3) is 0.375. The second-order valence-electron chi connectivity index (χ2n) is 7.86. The van der Waals surface area contributed by atoms with Gasteiger partial charge in [-0.3, -0.25) is 9.88 Å². The molecule has 164 valence electrons. The topological polar surface area (TPSA) is 28.6 Å². The van der Waals surface area contributed by atoms with Gasteiger partial charge >= 0.3 is 6.36 Å². The van der Waals surface area contributed by atoms with Crippen LogP contribution < -0.4 is 9.64 Å². The molecule has 0 unspecified atom stereocenters. The van der Waals surface area contributed by atoms with Gasteiger partial charge in [0.2, 0.25) is 0 Å². The molecule has 2 heterocycles. The molecule has 0 bridgehead atoms. The summed E-state index contributed by atoms with van der Waals surface area (Å²) in [7, 11) is 0. The Morgan fingerprint density at radius 1 is 0.903 bits per heavy atom. The number of aryl methyl sites for hydroxylation is 1. The minimum absolute atomic E-state index is 0.170. The Balaban J connectivity index is 1.17. The van der Waals surface area contributed by atoms with Crippen LogP contribution in [-0.2, 0) is 6.42 Å². The van der Waals surface area contributed by atoms with Crippen LogP contribution in [0.3, 0.4) is 0 Å². The van der Waals surface area contributed by atoms with E-state index >= 15 is 0 Å². The van der Waals surface area contributed by atoms with Crippen LogP contribution in [0.5, 0.6) is 5.75 Å². The van der Waals surface area contributed by atoms with Crippen LogP contribution in [0.2, 0.25) is 0 Å². The maximum absolute atomic E-state index is 12.2. The third kappa shape index (κ3) is 6.10. The number of rotatable bonds is 7. The van der Waals surface area contributed by atoms with Gasteiger partial charge in [-0.1, -0.05) is 18.2 Å². The molecule has 3 aromatic rings. The molecule has 0 atom stereocenters. The Kier molecular flexibility index (Phi) is 6.61. The highest BCUT2D eigenvalue weighted by Gasteiger charge is 2.30. The number of unbranched alkanes of at least 4 members (excludes halogenated alkanes) is 1. The SMILES string of the molecule is FC(F)(F)Oc1ccc(CCCCN2CCN(c3ccc4ncccc4c3)CC2)cc1. The lowest BCUT2D eigenvalue weighted by atomic mass is 10.1. The predicted octanol–water partition coefficient (Wildman–Crippen LogP) is 5.28. The van der Waals surface area contributed by atoms with Gasteiger partial charge < -0.3 is 9.64 Å². The van der Waals surface area contributed by atoms with E-state index in [1.807, 2.05) is 12.3 Å². The van der Waals surface area contributed by atoms with Gasteiger partial charge in [-0.2, -0.15) is 0 Å². The number of alkyl halides is 3. The Morgan fingerprint density at radius 2 is 1.68 bits per heavy atom. The summed E-state index contributed by atoms with van der Waals surface area (Å²) in [4.78, 5) is 9.29. The number of piperazine rings is 1. The smallest absolute Gasteiger partial charge is 0.406 e. The van der Waals surface area contributed by atoms with Crippen molar-refractivity contribution in [3.05, 3.63) is 66.4 Å². The van der Waals surface area contributed by atoms with Gasteiger partial charge in [0, 0.05) is 43.4 Å². The zero-order chi connectivity index (χ0) is 21.7. The van der Waals surface area contributed by atoms with E-state index in [4.69, 9.17) is 0 Å². The molecule has 31 heavy (non-hydrogen) atoms. The number of halogens is 3.